The first-order chi connectivity index (χ1) is 11.7. The lowest BCUT2D eigenvalue weighted by molar-refractivity contribution is -0.118. The fourth-order valence-corrected chi connectivity index (χ4v) is 4.85. The van der Waals surface area contributed by atoms with Crippen molar-refractivity contribution in [3.8, 4) is 0 Å². The maximum Gasteiger partial charge on any atom is 0.260 e. The summed E-state index contributed by atoms with van der Waals surface area (Å²) >= 11 is 2.83. The molecule has 0 spiro atoms. The Hall–Kier alpha value is -2.06. The molecule has 0 fully saturated rings. The van der Waals surface area contributed by atoms with Crippen LogP contribution in [0.25, 0.3) is 10.2 Å². The van der Waals surface area contributed by atoms with Crippen LogP contribution >= 0.6 is 23.1 Å². The van der Waals surface area contributed by atoms with Crippen molar-refractivity contribution in [2.24, 2.45) is 0 Å². The smallest absolute Gasteiger partial charge is 0.260 e. The highest BCUT2D eigenvalue weighted by Crippen LogP contribution is 2.34. The second kappa shape index (κ2) is 6.45. The monoisotopic (exact) mass is 361 g/mol. The van der Waals surface area contributed by atoms with Crippen LogP contribution in [0.15, 0.2) is 32.8 Å². The second-order valence-corrected chi connectivity index (χ2v) is 7.60. The summed E-state index contributed by atoms with van der Waals surface area (Å²) in [4.78, 5) is 33.6. The quantitative estimate of drug-likeness (QED) is 0.538. The average Bonchev–Trinajstić information content (AvgIpc) is 3.27. The van der Waals surface area contributed by atoms with Gasteiger partial charge in [-0.25, -0.2) is 4.98 Å². The topological polar surface area (TPSA) is 88.0 Å². The molecule has 0 aromatic carbocycles. The van der Waals surface area contributed by atoms with E-state index in [2.05, 4.69) is 15.3 Å². The van der Waals surface area contributed by atoms with Crippen LogP contribution < -0.4 is 10.9 Å². The zero-order valence-corrected chi connectivity index (χ0v) is 14.4. The molecule has 3 aromatic heterocycles. The lowest BCUT2D eigenvalue weighted by Gasteiger charge is -2.03. The Morgan fingerprint density at radius 2 is 2.38 bits per heavy atom. The van der Waals surface area contributed by atoms with Crippen LogP contribution in [-0.2, 0) is 24.2 Å². The number of amides is 1. The number of H-pyrrole nitrogens is 1. The van der Waals surface area contributed by atoms with E-state index in [4.69, 9.17) is 4.42 Å². The van der Waals surface area contributed by atoms with Gasteiger partial charge >= 0.3 is 0 Å². The average molecular weight is 361 g/mol. The highest BCUT2D eigenvalue weighted by atomic mass is 32.2. The number of aromatic amines is 1. The van der Waals surface area contributed by atoms with Gasteiger partial charge in [-0.2, -0.15) is 0 Å². The summed E-state index contributed by atoms with van der Waals surface area (Å²) in [6.45, 7) is 0.354. The number of nitrogens with one attached hydrogen (secondary N) is 2. The number of rotatable bonds is 5. The normalized spacial score (nSPS) is 13.3. The van der Waals surface area contributed by atoms with Gasteiger partial charge in [0.2, 0.25) is 5.91 Å². The van der Waals surface area contributed by atoms with Crippen molar-refractivity contribution in [1.82, 2.24) is 15.3 Å². The number of fused-ring (bicyclic) bond motifs is 3. The third-order valence-corrected chi connectivity index (χ3v) is 5.99. The molecule has 0 unspecified atom stereocenters. The molecule has 0 bridgehead atoms. The standard InChI is InChI=1S/C16H15N3O3S2/c20-12(17-7-9-3-2-6-22-9)8-23-16-18-14(21)13-10-4-1-5-11(10)24-15(13)19-16/h2-3,6H,1,4-5,7-8H2,(H,17,20)(H,18,19,21). The minimum absolute atomic E-state index is 0.0992. The molecule has 1 aliphatic carbocycles. The molecule has 3 aromatic rings. The van der Waals surface area contributed by atoms with Crippen LogP contribution in [0.4, 0.5) is 0 Å². The molecule has 0 saturated heterocycles. The largest absolute Gasteiger partial charge is 0.467 e. The number of carbonyl (C=O) groups is 1. The number of carbonyl (C=O) groups excluding carboxylic acids is 1. The Kier molecular flexibility index (Phi) is 4.15. The van der Waals surface area contributed by atoms with Gasteiger partial charge in [0.15, 0.2) is 5.16 Å². The van der Waals surface area contributed by atoms with Gasteiger partial charge in [0.1, 0.15) is 10.6 Å². The van der Waals surface area contributed by atoms with Crippen LogP contribution in [-0.4, -0.2) is 21.6 Å². The van der Waals surface area contributed by atoms with Crippen molar-refractivity contribution in [3.63, 3.8) is 0 Å². The minimum Gasteiger partial charge on any atom is -0.467 e. The molecule has 1 aliphatic rings. The summed E-state index contributed by atoms with van der Waals surface area (Å²) in [5, 5.41) is 3.99. The summed E-state index contributed by atoms with van der Waals surface area (Å²) in [7, 11) is 0. The Labute approximate surface area is 145 Å². The molecular weight excluding hydrogens is 346 g/mol. The van der Waals surface area contributed by atoms with E-state index in [1.165, 1.54) is 16.6 Å². The van der Waals surface area contributed by atoms with E-state index >= 15 is 0 Å². The van der Waals surface area contributed by atoms with Gasteiger partial charge in [-0.3, -0.25) is 9.59 Å². The Morgan fingerprint density at radius 3 is 3.21 bits per heavy atom. The zero-order valence-electron chi connectivity index (χ0n) is 12.8. The lowest BCUT2D eigenvalue weighted by atomic mass is 10.2. The van der Waals surface area contributed by atoms with E-state index in [0.29, 0.717) is 17.5 Å². The molecule has 1 amide bonds. The molecule has 124 valence electrons. The highest BCUT2D eigenvalue weighted by Gasteiger charge is 2.21. The molecule has 8 heteroatoms. The number of thioether (sulfide) groups is 1. The lowest BCUT2D eigenvalue weighted by Crippen LogP contribution is -2.24. The number of furan rings is 1. The molecule has 0 radical (unpaired) electrons. The molecule has 0 saturated carbocycles. The SMILES string of the molecule is O=C(CSc1nc2sc3c(c2c(=O)[nH]1)CCC3)NCc1ccco1. The summed E-state index contributed by atoms with van der Waals surface area (Å²) in [6, 6.07) is 3.58. The highest BCUT2D eigenvalue weighted by molar-refractivity contribution is 7.99. The van der Waals surface area contributed by atoms with E-state index < -0.39 is 0 Å². The maximum absolute atomic E-state index is 12.3. The van der Waals surface area contributed by atoms with Crippen LogP contribution in [0.3, 0.4) is 0 Å². The first-order valence-corrected chi connectivity index (χ1v) is 9.47. The third-order valence-electron chi connectivity index (χ3n) is 3.93. The zero-order chi connectivity index (χ0) is 16.5. The molecule has 4 rings (SSSR count). The van der Waals surface area contributed by atoms with E-state index in [1.807, 2.05) is 0 Å². The summed E-state index contributed by atoms with van der Waals surface area (Å²) < 4.78 is 5.16. The molecule has 0 aliphatic heterocycles. The molecule has 2 N–H and O–H groups in total. The number of hydrogen-bond acceptors (Lipinski definition) is 6. The van der Waals surface area contributed by atoms with Crippen molar-refractivity contribution in [2.45, 2.75) is 31.0 Å². The van der Waals surface area contributed by atoms with E-state index in [9.17, 15) is 9.59 Å². The summed E-state index contributed by atoms with van der Waals surface area (Å²) in [5.74, 6) is 0.766. The molecule has 6 nitrogen and oxygen atoms in total. The van der Waals surface area contributed by atoms with Crippen LogP contribution in [0, 0.1) is 0 Å². The van der Waals surface area contributed by atoms with Gasteiger partial charge in [0.25, 0.3) is 5.56 Å². The summed E-state index contributed by atoms with van der Waals surface area (Å²) in [5.41, 5.74) is 1.06. The van der Waals surface area contributed by atoms with Crippen molar-refractivity contribution < 1.29 is 9.21 Å². The first-order valence-electron chi connectivity index (χ1n) is 7.67. The van der Waals surface area contributed by atoms with Crippen molar-refractivity contribution >= 4 is 39.2 Å². The van der Waals surface area contributed by atoms with E-state index in [1.54, 1.807) is 29.7 Å². The predicted molar refractivity (Wildman–Crippen MR) is 93.5 cm³/mol. The van der Waals surface area contributed by atoms with Crippen molar-refractivity contribution in [1.29, 1.82) is 0 Å². The van der Waals surface area contributed by atoms with Crippen LogP contribution in [0.5, 0.6) is 0 Å². The number of aromatic nitrogens is 2. The molecule has 0 atom stereocenters. The predicted octanol–water partition coefficient (Wildman–Crippen LogP) is 2.47. The van der Waals surface area contributed by atoms with Gasteiger partial charge in [-0.05, 0) is 37.0 Å². The molecule has 3 heterocycles. The number of aryl methyl sites for hydroxylation is 2. The fourth-order valence-electron chi connectivity index (χ4n) is 2.83. The van der Waals surface area contributed by atoms with Gasteiger partial charge in [-0.1, -0.05) is 11.8 Å². The van der Waals surface area contributed by atoms with Gasteiger partial charge < -0.3 is 14.7 Å². The van der Waals surface area contributed by atoms with Crippen LogP contribution in [0.2, 0.25) is 0 Å². The van der Waals surface area contributed by atoms with E-state index in [0.717, 1.165) is 35.0 Å². The number of nitrogens with zero attached hydrogens (tertiary/aromatic N) is 1. The minimum atomic E-state index is -0.132. The Bertz CT molecular complexity index is 944. The van der Waals surface area contributed by atoms with Crippen molar-refractivity contribution in [2.75, 3.05) is 5.75 Å². The number of thiophene rings is 1. The Morgan fingerprint density at radius 1 is 1.46 bits per heavy atom. The molecule has 24 heavy (non-hydrogen) atoms. The summed E-state index contributed by atoms with van der Waals surface area (Å²) in [6.07, 6.45) is 4.68. The van der Waals surface area contributed by atoms with Gasteiger partial charge in [0.05, 0.1) is 23.9 Å². The maximum atomic E-state index is 12.3. The van der Waals surface area contributed by atoms with Crippen LogP contribution in [0.1, 0.15) is 22.6 Å². The number of hydrogen-bond donors (Lipinski definition) is 2. The van der Waals surface area contributed by atoms with E-state index in [-0.39, 0.29) is 17.2 Å². The molecular formula is C16H15N3O3S2. The van der Waals surface area contributed by atoms with Gasteiger partial charge in [0, 0.05) is 4.88 Å². The fraction of sp³-hybridized carbons (Fsp3) is 0.312. The van der Waals surface area contributed by atoms with Crippen molar-refractivity contribution in [3.05, 3.63) is 45.0 Å². The second-order valence-electron chi connectivity index (χ2n) is 5.55. The first kappa shape index (κ1) is 15.5. The third kappa shape index (κ3) is 2.99. The Balaban J connectivity index is 1.43. The van der Waals surface area contributed by atoms with Gasteiger partial charge in [-0.15, -0.1) is 11.3 Å².